The zero-order valence-corrected chi connectivity index (χ0v) is 14.9. The third-order valence-electron chi connectivity index (χ3n) is 3.98. The number of nitrogens with zero attached hydrogens (tertiary/aromatic N) is 2. The quantitative estimate of drug-likeness (QED) is 0.687. The number of aliphatic hydroxyl groups excluding tert-OH is 1. The third kappa shape index (κ3) is 4.04. The van der Waals surface area contributed by atoms with Crippen molar-refractivity contribution in [2.75, 3.05) is 30.4 Å². The first-order valence-corrected chi connectivity index (χ1v) is 9.00. The van der Waals surface area contributed by atoms with Gasteiger partial charge in [-0.2, -0.15) is 0 Å². The van der Waals surface area contributed by atoms with Crippen LogP contribution in [0.15, 0.2) is 48.5 Å². The first kappa shape index (κ1) is 16.7. The summed E-state index contributed by atoms with van der Waals surface area (Å²) in [5.41, 5.74) is 3.29. The normalized spacial score (nSPS) is 12.3. The van der Waals surface area contributed by atoms with Crippen LogP contribution in [0, 0.1) is 0 Å². The Morgan fingerprint density at radius 1 is 1.17 bits per heavy atom. The van der Waals surface area contributed by atoms with Gasteiger partial charge in [0.1, 0.15) is 0 Å². The predicted octanol–water partition coefficient (Wildman–Crippen LogP) is 3.77. The summed E-state index contributed by atoms with van der Waals surface area (Å²) in [6, 6.07) is 16.9. The van der Waals surface area contributed by atoms with Gasteiger partial charge in [-0.1, -0.05) is 12.1 Å². The van der Waals surface area contributed by atoms with Gasteiger partial charge in [0, 0.05) is 37.4 Å². The number of aromatic nitrogens is 1. The molecule has 0 fully saturated rings. The van der Waals surface area contributed by atoms with Gasteiger partial charge in [0.2, 0.25) is 0 Å². The fraction of sp³-hybridized carbons (Fsp3) is 0.316. The average Bonchev–Trinajstić information content (AvgIpc) is 2.97. The van der Waals surface area contributed by atoms with Gasteiger partial charge in [-0.15, -0.1) is 11.3 Å². The van der Waals surface area contributed by atoms with Crippen molar-refractivity contribution in [2.45, 2.75) is 19.4 Å². The minimum Gasteiger partial charge on any atom is -0.395 e. The SMILES string of the molecule is CC(Cc1nc2ccccc2s1)Nc1ccc(N(C)CCO)cc1. The van der Waals surface area contributed by atoms with Crippen LogP contribution in [-0.4, -0.2) is 36.3 Å². The molecule has 0 bridgehead atoms. The molecule has 0 saturated heterocycles. The number of aliphatic hydroxyl groups is 1. The van der Waals surface area contributed by atoms with Crippen LogP contribution >= 0.6 is 11.3 Å². The molecule has 1 atom stereocenters. The fourth-order valence-corrected chi connectivity index (χ4v) is 3.79. The Morgan fingerprint density at radius 3 is 2.62 bits per heavy atom. The van der Waals surface area contributed by atoms with E-state index in [0.717, 1.165) is 28.3 Å². The molecular weight excluding hydrogens is 318 g/mol. The Morgan fingerprint density at radius 2 is 1.92 bits per heavy atom. The topological polar surface area (TPSA) is 48.4 Å². The van der Waals surface area contributed by atoms with E-state index in [0.29, 0.717) is 12.6 Å². The molecule has 1 unspecified atom stereocenters. The van der Waals surface area contributed by atoms with E-state index in [2.05, 4.69) is 54.7 Å². The smallest absolute Gasteiger partial charge is 0.0958 e. The molecule has 3 rings (SSSR count). The summed E-state index contributed by atoms with van der Waals surface area (Å²) in [4.78, 5) is 6.74. The van der Waals surface area contributed by atoms with Crippen molar-refractivity contribution in [3.63, 3.8) is 0 Å². The maximum Gasteiger partial charge on any atom is 0.0958 e. The van der Waals surface area contributed by atoms with E-state index < -0.39 is 0 Å². The molecule has 5 heteroatoms. The number of hydrogen-bond donors (Lipinski definition) is 2. The highest BCUT2D eigenvalue weighted by molar-refractivity contribution is 7.18. The second-order valence-electron chi connectivity index (χ2n) is 6.02. The molecule has 1 heterocycles. The molecule has 0 saturated carbocycles. The highest BCUT2D eigenvalue weighted by Crippen LogP contribution is 2.23. The lowest BCUT2D eigenvalue weighted by atomic mass is 10.2. The van der Waals surface area contributed by atoms with Crippen molar-refractivity contribution >= 4 is 32.9 Å². The minimum absolute atomic E-state index is 0.162. The number of rotatable bonds is 7. The lowest BCUT2D eigenvalue weighted by Gasteiger charge is -2.19. The molecule has 3 aromatic rings. The van der Waals surface area contributed by atoms with E-state index in [1.54, 1.807) is 11.3 Å². The Bertz CT molecular complexity index is 752. The highest BCUT2D eigenvalue weighted by atomic mass is 32.1. The van der Waals surface area contributed by atoms with Gasteiger partial charge in [0.15, 0.2) is 0 Å². The fourth-order valence-electron chi connectivity index (χ4n) is 2.70. The number of thiazole rings is 1. The lowest BCUT2D eigenvalue weighted by molar-refractivity contribution is 0.304. The summed E-state index contributed by atoms with van der Waals surface area (Å²) in [5, 5.41) is 13.7. The number of nitrogens with one attached hydrogen (secondary N) is 1. The summed E-state index contributed by atoms with van der Waals surface area (Å²) < 4.78 is 1.25. The molecule has 2 N–H and O–H groups in total. The Kier molecular flexibility index (Phi) is 5.33. The third-order valence-corrected chi connectivity index (χ3v) is 5.03. The van der Waals surface area contributed by atoms with Gasteiger partial charge in [-0.05, 0) is 43.3 Å². The van der Waals surface area contributed by atoms with Gasteiger partial charge >= 0.3 is 0 Å². The molecule has 1 aromatic heterocycles. The number of benzene rings is 2. The van der Waals surface area contributed by atoms with Gasteiger partial charge in [0.25, 0.3) is 0 Å². The van der Waals surface area contributed by atoms with Gasteiger partial charge in [0.05, 0.1) is 21.8 Å². The van der Waals surface area contributed by atoms with E-state index in [1.165, 1.54) is 4.70 Å². The second kappa shape index (κ2) is 7.64. The van der Waals surface area contributed by atoms with Crippen molar-refractivity contribution in [1.29, 1.82) is 0 Å². The van der Waals surface area contributed by atoms with Crippen LogP contribution in [0.3, 0.4) is 0 Å². The summed E-state index contributed by atoms with van der Waals surface area (Å²) in [6.07, 6.45) is 0.908. The largest absolute Gasteiger partial charge is 0.395 e. The molecule has 0 aliphatic rings. The van der Waals surface area contributed by atoms with E-state index in [1.807, 2.05) is 18.0 Å². The van der Waals surface area contributed by atoms with Crippen molar-refractivity contribution in [2.24, 2.45) is 0 Å². The average molecular weight is 341 g/mol. The predicted molar refractivity (Wildman–Crippen MR) is 103 cm³/mol. The maximum absolute atomic E-state index is 9.01. The van der Waals surface area contributed by atoms with Gasteiger partial charge in [-0.3, -0.25) is 0 Å². The molecule has 0 aliphatic carbocycles. The first-order valence-electron chi connectivity index (χ1n) is 8.19. The molecule has 2 aromatic carbocycles. The number of hydrogen-bond acceptors (Lipinski definition) is 5. The van der Waals surface area contributed by atoms with Crippen molar-refractivity contribution in [3.05, 3.63) is 53.5 Å². The van der Waals surface area contributed by atoms with Crippen LogP contribution in [0.5, 0.6) is 0 Å². The van der Waals surface area contributed by atoms with E-state index in [9.17, 15) is 0 Å². The Balaban J connectivity index is 1.60. The summed E-state index contributed by atoms with van der Waals surface area (Å²) in [6.45, 7) is 2.98. The van der Waals surface area contributed by atoms with Gasteiger partial charge in [-0.25, -0.2) is 4.98 Å². The Hall–Kier alpha value is -2.11. The minimum atomic E-state index is 0.162. The van der Waals surface area contributed by atoms with Crippen LogP contribution in [-0.2, 0) is 6.42 Å². The van der Waals surface area contributed by atoms with E-state index in [-0.39, 0.29) is 6.61 Å². The van der Waals surface area contributed by atoms with Crippen LogP contribution in [0.1, 0.15) is 11.9 Å². The zero-order valence-electron chi connectivity index (χ0n) is 14.1. The summed E-state index contributed by atoms with van der Waals surface area (Å²) in [5.74, 6) is 0. The molecule has 0 spiro atoms. The highest BCUT2D eigenvalue weighted by Gasteiger charge is 2.09. The lowest BCUT2D eigenvalue weighted by Crippen LogP contribution is -2.21. The number of likely N-dealkylation sites (N-methyl/N-ethyl adjacent to an activating group) is 1. The molecule has 24 heavy (non-hydrogen) atoms. The number of anilines is 2. The summed E-state index contributed by atoms with van der Waals surface area (Å²) in [7, 11) is 1.98. The maximum atomic E-state index is 9.01. The molecule has 0 amide bonds. The van der Waals surface area contributed by atoms with Gasteiger partial charge < -0.3 is 15.3 Å². The monoisotopic (exact) mass is 341 g/mol. The number of para-hydroxylation sites is 1. The Labute approximate surface area is 146 Å². The van der Waals surface area contributed by atoms with Crippen molar-refractivity contribution < 1.29 is 5.11 Å². The van der Waals surface area contributed by atoms with Crippen LogP contribution in [0.4, 0.5) is 11.4 Å². The standard InChI is InChI=1S/C19H23N3OS/c1-14(13-19-21-17-5-3-4-6-18(17)24-19)20-15-7-9-16(10-8-15)22(2)11-12-23/h3-10,14,20,23H,11-13H2,1-2H3. The number of fused-ring (bicyclic) bond motifs is 1. The molecule has 4 nitrogen and oxygen atoms in total. The van der Waals surface area contributed by atoms with E-state index >= 15 is 0 Å². The van der Waals surface area contributed by atoms with Crippen molar-refractivity contribution in [1.82, 2.24) is 4.98 Å². The summed E-state index contributed by atoms with van der Waals surface area (Å²) >= 11 is 1.77. The first-order chi connectivity index (χ1) is 11.7. The van der Waals surface area contributed by atoms with Crippen LogP contribution in [0.25, 0.3) is 10.2 Å². The molecule has 126 valence electrons. The molecule has 0 radical (unpaired) electrons. The van der Waals surface area contributed by atoms with Crippen molar-refractivity contribution in [3.8, 4) is 0 Å². The van der Waals surface area contributed by atoms with E-state index in [4.69, 9.17) is 10.1 Å². The molecular formula is C19H23N3OS. The zero-order chi connectivity index (χ0) is 16.9. The van der Waals surface area contributed by atoms with Crippen LogP contribution < -0.4 is 10.2 Å². The molecule has 0 aliphatic heterocycles. The van der Waals surface area contributed by atoms with Crippen LogP contribution in [0.2, 0.25) is 0 Å². The second-order valence-corrected chi connectivity index (χ2v) is 7.13.